The first-order chi connectivity index (χ1) is 17.9. The van der Waals surface area contributed by atoms with Crippen molar-refractivity contribution in [1.82, 2.24) is 18.7 Å². The average molecular weight is 533 g/mol. The zero-order valence-electron chi connectivity index (χ0n) is 20.9. The first-order valence-corrected chi connectivity index (χ1v) is 14.5. The van der Waals surface area contributed by atoms with E-state index in [1.807, 2.05) is 60.0 Å². The molecule has 0 unspecified atom stereocenters. The van der Waals surface area contributed by atoms with Gasteiger partial charge in [-0.3, -0.25) is 4.57 Å². The Balaban J connectivity index is 1.72. The number of para-hydroxylation sites is 1. The summed E-state index contributed by atoms with van der Waals surface area (Å²) in [6, 6.07) is 23.7. The van der Waals surface area contributed by atoms with Crippen molar-refractivity contribution in [1.29, 1.82) is 0 Å². The van der Waals surface area contributed by atoms with Gasteiger partial charge in [0.05, 0.1) is 17.0 Å². The van der Waals surface area contributed by atoms with Gasteiger partial charge in [-0.1, -0.05) is 62.0 Å². The molecule has 2 aromatic heterocycles. The first kappa shape index (κ1) is 25.1. The number of ether oxygens (including phenoxy) is 1. The molecule has 5 aromatic rings. The summed E-state index contributed by atoms with van der Waals surface area (Å²) in [6.07, 6.45) is 2.63. The van der Waals surface area contributed by atoms with Gasteiger partial charge in [0.25, 0.3) is 10.0 Å². The van der Waals surface area contributed by atoms with E-state index >= 15 is 0 Å². The van der Waals surface area contributed by atoms with Gasteiger partial charge in [0.1, 0.15) is 5.75 Å². The Kier molecular flexibility index (Phi) is 7.08. The Bertz CT molecular complexity index is 1630. The van der Waals surface area contributed by atoms with Gasteiger partial charge in [-0.2, -0.15) is 0 Å². The molecule has 1 atom stereocenters. The van der Waals surface area contributed by atoms with Gasteiger partial charge in [0.15, 0.2) is 11.0 Å². The predicted octanol–water partition coefficient (Wildman–Crippen LogP) is 6.42. The summed E-state index contributed by atoms with van der Waals surface area (Å²) >= 11 is 1.64. The summed E-state index contributed by atoms with van der Waals surface area (Å²) in [5.41, 5.74) is 2.14. The number of nitrogens with zero attached hydrogens (tertiary/aromatic N) is 4. The Morgan fingerprint density at radius 3 is 2.32 bits per heavy atom. The van der Waals surface area contributed by atoms with Crippen molar-refractivity contribution < 1.29 is 13.2 Å². The third-order valence-electron chi connectivity index (χ3n) is 6.14. The minimum Gasteiger partial charge on any atom is -0.494 e. The first-order valence-electron chi connectivity index (χ1n) is 12.2. The highest BCUT2D eigenvalue weighted by Gasteiger charge is 2.25. The molecular formula is C28H28N4O3S2. The van der Waals surface area contributed by atoms with Crippen molar-refractivity contribution in [3.63, 3.8) is 0 Å². The van der Waals surface area contributed by atoms with Crippen molar-refractivity contribution in [3.05, 3.63) is 85.1 Å². The van der Waals surface area contributed by atoms with E-state index in [2.05, 4.69) is 24.0 Å². The topological polar surface area (TPSA) is 79.0 Å². The van der Waals surface area contributed by atoms with E-state index in [0.717, 1.165) is 28.4 Å². The smallest absolute Gasteiger partial charge is 0.268 e. The maximum absolute atomic E-state index is 13.6. The molecular weight excluding hydrogens is 504 g/mol. The maximum Gasteiger partial charge on any atom is 0.268 e. The summed E-state index contributed by atoms with van der Waals surface area (Å²) in [6.45, 7) is 6.83. The normalized spacial score (nSPS) is 12.6. The molecule has 0 spiro atoms. The number of hydrogen-bond acceptors (Lipinski definition) is 6. The minimum absolute atomic E-state index is 0.225. The van der Waals surface area contributed by atoms with E-state index in [0.29, 0.717) is 28.8 Å². The molecule has 9 heteroatoms. The van der Waals surface area contributed by atoms with Gasteiger partial charge >= 0.3 is 0 Å². The van der Waals surface area contributed by atoms with Crippen LogP contribution < -0.4 is 4.74 Å². The highest BCUT2D eigenvalue weighted by atomic mass is 32.2. The van der Waals surface area contributed by atoms with E-state index < -0.39 is 10.0 Å². The lowest BCUT2D eigenvalue weighted by Crippen LogP contribution is -2.11. The summed E-state index contributed by atoms with van der Waals surface area (Å²) in [5, 5.41) is 11.0. The minimum atomic E-state index is -3.82. The lowest BCUT2D eigenvalue weighted by Gasteiger charge is -2.13. The van der Waals surface area contributed by atoms with Crippen molar-refractivity contribution in [3.8, 4) is 22.8 Å². The molecule has 0 fully saturated rings. The quantitative estimate of drug-likeness (QED) is 0.204. The van der Waals surface area contributed by atoms with E-state index in [1.165, 1.54) is 3.97 Å². The highest BCUT2D eigenvalue weighted by Crippen LogP contribution is 2.36. The van der Waals surface area contributed by atoms with Crippen LogP contribution in [0.4, 0.5) is 0 Å². The Morgan fingerprint density at radius 2 is 1.62 bits per heavy atom. The van der Waals surface area contributed by atoms with Crippen molar-refractivity contribution in [2.75, 3.05) is 6.61 Å². The Labute approximate surface area is 221 Å². The summed E-state index contributed by atoms with van der Waals surface area (Å²) in [4.78, 5) is 0.225. The predicted molar refractivity (Wildman–Crippen MR) is 148 cm³/mol. The molecule has 3 aromatic carbocycles. The fourth-order valence-corrected chi connectivity index (χ4v) is 6.41. The van der Waals surface area contributed by atoms with Gasteiger partial charge in [-0.15, -0.1) is 10.2 Å². The van der Waals surface area contributed by atoms with Gasteiger partial charge < -0.3 is 4.74 Å². The average Bonchev–Trinajstić information content (AvgIpc) is 3.51. The van der Waals surface area contributed by atoms with Gasteiger partial charge in [0, 0.05) is 28.1 Å². The third kappa shape index (κ3) is 4.76. The van der Waals surface area contributed by atoms with Crippen LogP contribution in [0.5, 0.6) is 5.75 Å². The highest BCUT2D eigenvalue weighted by molar-refractivity contribution is 7.99. The number of rotatable bonds is 9. The van der Waals surface area contributed by atoms with Gasteiger partial charge in [-0.25, -0.2) is 12.4 Å². The van der Waals surface area contributed by atoms with Crippen LogP contribution in [0.3, 0.4) is 0 Å². The van der Waals surface area contributed by atoms with Crippen LogP contribution in [0.2, 0.25) is 0 Å². The number of thioether (sulfide) groups is 1. The molecule has 0 aliphatic rings. The standard InChI is InChI=1S/C28H28N4O3S2/c1-4-20(3)36-28-30-29-27(32(28)21-15-17-22(18-16-21)35-5-2)25-19-31(26-14-10-9-13-24(25)26)37(33,34)23-11-7-6-8-12-23/h6-20H,4-5H2,1-3H3/t20-/m1/s1. The molecule has 7 nitrogen and oxygen atoms in total. The summed E-state index contributed by atoms with van der Waals surface area (Å²) < 4.78 is 36.2. The second-order valence-corrected chi connectivity index (χ2v) is 11.8. The van der Waals surface area contributed by atoms with Crippen LogP contribution in [-0.4, -0.2) is 39.0 Å². The molecule has 0 amide bonds. The zero-order valence-corrected chi connectivity index (χ0v) is 22.5. The van der Waals surface area contributed by atoms with E-state index in [1.54, 1.807) is 48.3 Å². The molecule has 0 aliphatic heterocycles. The van der Waals surface area contributed by atoms with Crippen LogP contribution in [0.25, 0.3) is 28.0 Å². The molecule has 0 radical (unpaired) electrons. The van der Waals surface area contributed by atoms with Crippen molar-refractivity contribution >= 4 is 32.7 Å². The molecule has 5 rings (SSSR count). The maximum atomic E-state index is 13.6. The fraction of sp³-hybridized carbons (Fsp3) is 0.214. The molecule has 190 valence electrons. The zero-order chi connectivity index (χ0) is 26.0. The van der Waals surface area contributed by atoms with E-state index in [9.17, 15) is 8.42 Å². The third-order valence-corrected chi connectivity index (χ3v) is 9.04. The fourth-order valence-electron chi connectivity index (χ4n) is 4.11. The summed E-state index contributed by atoms with van der Waals surface area (Å²) in [7, 11) is -3.82. The Hall–Kier alpha value is -3.56. The number of hydrogen-bond donors (Lipinski definition) is 0. The molecule has 0 bridgehead atoms. The van der Waals surface area contributed by atoms with Crippen LogP contribution in [0.1, 0.15) is 27.2 Å². The molecule has 37 heavy (non-hydrogen) atoms. The SMILES string of the molecule is CCOc1ccc(-n2c(S[C@H](C)CC)nnc2-c2cn(S(=O)(=O)c3ccccc3)c3ccccc23)cc1. The van der Waals surface area contributed by atoms with Crippen molar-refractivity contribution in [2.24, 2.45) is 0 Å². The molecule has 0 aliphatic carbocycles. The molecule has 0 N–H and O–H groups in total. The van der Waals surface area contributed by atoms with E-state index in [4.69, 9.17) is 4.74 Å². The van der Waals surface area contributed by atoms with Crippen LogP contribution >= 0.6 is 11.8 Å². The Morgan fingerprint density at radius 1 is 0.919 bits per heavy atom. The lowest BCUT2D eigenvalue weighted by atomic mass is 10.1. The molecule has 0 saturated carbocycles. The molecule has 2 heterocycles. The van der Waals surface area contributed by atoms with Crippen LogP contribution in [-0.2, 0) is 10.0 Å². The second-order valence-electron chi connectivity index (χ2n) is 8.58. The number of benzene rings is 3. The van der Waals surface area contributed by atoms with Crippen LogP contribution in [0.15, 0.2) is 95.1 Å². The molecule has 0 saturated heterocycles. The van der Waals surface area contributed by atoms with E-state index in [-0.39, 0.29) is 4.90 Å². The summed E-state index contributed by atoms with van der Waals surface area (Å²) in [5.74, 6) is 1.36. The van der Waals surface area contributed by atoms with Crippen molar-refractivity contribution in [2.45, 2.75) is 42.5 Å². The monoisotopic (exact) mass is 532 g/mol. The largest absolute Gasteiger partial charge is 0.494 e. The lowest BCUT2D eigenvalue weighted by molar-refractivity contribution is 0.340. The number of aromatic nitrogens is 4. The van der Waals surface area contributed by atoms with Gasteiger partial charge in [0.2, 0.25) is 0 Å². The number of fused-ring (bicyclic) bond motifs is 1. The van der Waals surface area contributed by atoms with Crippen LogP contribution in [0, 0.1) is 0 Å². The van der Waals surface area contributed by atoms with Gasteiger partial charge in [-0.05, 0) is 55.8 Å². The second kappa shape index (κ2) is 10.4.